The van der Waals surface area contributed by atoms with Crippen molar-refractivity contribution in [3.8, 4) is 0 Å². The fraction of sp³-hybridized carbons (Fsp3) is 0.750. The van der Waals surface area contributed by atoms with Gasteiger partial charge in [-0.2, -0.15) is 0 Å². The van der Waals surface area contributed by atoms with E-state index < -0.39 is 29.2 Å². The fourth-order valence-electron chi connectivity index (χ4n) is 3.12. The van der Waals surface area contributed by atoms with E-state index in [1.54, 1.807) is 27.0 Å². The topological polar surface area (TPSA) is 97.3 Å². The van der Waals surface area contributed by atoms with Gasteiger partial charge in [0.05, 0.1) is 13.7 Å². The normalized spacial score (nSPS) is 28.4. The molecule has 2 heterocycles. The van der Waals surface area contributed by atoms with Crippen molar-refractivity contribution in [1.29, 1.82) is 0 Å². The number of rotatable bonds is 2. The SMILES string of the molecule is COC(=O)[C@@]12C/C=N\C[C@@H](NC(=O)OC(C)(C)C)C(=O)N1CCC2. The van der Waals surface area contributed by atoms with E-state index in [2.05, 4.69) is 10.3 Å². The molecule has 0 aromatic heterocycles. The monoisotopic (exact) mass is 339 g/mol. The van der Waals surface area contributed by atoms with Crippen molar-refractivity contribution in [3.63, 3.8) is 0 Å². The lowest BCUT2D eigenvalue weighted by Gasteiger charge is -2.38. The van der Waals surface area contributed by atoms with Crippen molar-refractivity contribution in [3.05, 3.63) is 0 Å². The first-order valence-electron chi connectivity index (χ1n) is 8.07. The van der Waals surface area contributed by atoms with E-state index in [1.807, 2.05) is 0 Å². The Hall–Kier alpha value is -2.12. The fourth-order valence-corrected chi connectivity index (χ4v) is 3.12. The third-order valence-electron chi connectivity index (χ3n) is 4.16. The molecule has 2 aliphatic rings. The number of nitrogens with one attached hydrogen (secondary N) is 1. The summed E-state index contributed by atoms with van der Waals surface area (Å²) in [7, 11) is 1.31. The molecule has 1 N–H and O–H groups in total. The summed E-state index contributed by atoms with van der Waals surface area (Å²) in [5.41, 5.74) is -1.69. The number of carbonyl (C=O) groups is 3. The summed E-state index contributed by atoms with van der Waals surface area (Å²) in [6, 6.07) is -0.862. The zero-order valence-corrected chi connectivity index (χ0v) is 14.6. The average molecular weight is 339 g/mol. The molecule has 2 atom stereocenters. The second kappa shape index (κ2) is 6.78. The first-order valence-corrected chi connectivity index (χ1v) is 8.07. The quantitative estimate of drug-likeness (QED) is 0.754. The van der Waals surface area contributed by atoms with Crippen molar-refractivity contribution in [1.82, 2.24) is 10.2 Å². The van der Waals surface area contributed by atoms with E-state index in [4.69, 9.17) is 9.47 Å². The van der Waals surface area contributed by atoms with Gasteiger partial charge in [0.2, 0.25) is 5.91 Å². The maximum Gasteiger partial charge on any atom is 0.408 e. The molecule has 8 heteroatoms. The zero-order valence-electron chi connectivity index (χ0n) is 14.6. The van der Waals surface area contributed by atoms with Crippen molar-refractivity contribution >= 4 is 24.2 Å². The summed E-state index contributed by atoms with van der Waals surface area (Å²) >= 11 is 0. The van der Waals surface area contributed by atoms with Crippen LogP contribution in [0.3, 0.4) is 0 Å². The molecule has 2 aliphatic heterocycles. The first-order chi connectivity index (χ1) is 11.2. The Labute approximate surface area is 141 Å². The van der Waals surface area contributed by atoms with Gasteiger partial charge in [0.25, 0.3) is 0 Å². The van der Waals surface area contributed by atoms with Gasteiger partial charge in [0.1, 0.15) is 17.2 Å². The minimum atomic E-state index is -1.02. The van der Waals surface area contributed by atoms with Crippen LogP contribution in [0.25, 0.3) is 0 Å². The molecule has 0 saturated carbocycles. The number of methoxy groups -OCH3 is 1. The lowest BCUT2D eigenvalue weighted by atomic mass is 9.91. The number of fused-ring (bicyclic) bond motifs is 1. The minimum absolute atomic E-state index is 0.117. The highest BCUT2D eigenvalue weighted by Crippen LogP contribution is 2.34. The van der Waals surface area contributed by atoms with Crippen LogP contribution < -0.4 is 5.32 Å². The van der Waals surface area contributed by atoms with Crippen LogP contribution in [0.5, 0.6) is 0 Å². The largest absolute Gasteiger partial charge is 0.467 e. The molecular weight excluding hydrogens is 314 g/mol. The van der Waals surface area contributed by atoms with Gasteiger partial charge in [-0.05, 0) is 33.6 Å². The van der Waals surface area contributed by atoms with Gasteiger partial charge >= 0.3 is 12.1 Å². The van der Waals surface area contributed by atoms with Crippen LogP contribution in [0.15, 0.2) is 4.99 Å². The highest BCUT2D eigenvalue weighted by Gasteiger charge is 2.52. The smallest absolute Gasteiger partial charge is 0.408 e. The zero-order chi connectivity index (χ0) is 18.0. The summed E-state index contributed by atoms with van der Waals surface area (Å²) in [4.78, 5) is 42.9. The van der Waals surface area contributed by atoms with Crippen molar-refractivity contribution in [2.45, 2.75) is 57.2 Å². The Balaban J connectivity index is 2.20. The molecule has 0 unspecified atom stereocenters. The second-order valence-electron chi connectivity index (χ2n) is 7.07. The molecule has 0 aromatic carbocycles. The van der Waals surface area contributed by atoms with Crippen LogP contribution in [0.4, 0.5) is 4.79 Å². The van der Waals surface area contributed by atoms with Crippen LogP contribution in [0, 0.1) is 0 Å². The third-order valence-corrected chi connectivity index (χ3v) is 4.16. The van der Waals surface area contributed by atoms with Crippen molar-refractivity contribution in [2.24, 2.45) is 4.99 Å². The van der Waals surface area contributed by atoms with Gasteiger partial charge in [0, 0.05) is 19.2 Å². The average Bonchev–Trinajstić information content (AvgIpc) is 2.90. The number of nitrogens with zero attached hydrogens (tertiary/aromatic N) is 2. The van der Waals surface area contributed by atoms with E-state index in [0.29, 0.717) is 25.8 Å². The van der Waals surface area contributed by atoms with Gasteiger partial charge in [-0.15, -0.1) is 0 Å². The van der Waals surface area contributed by atoms with Crippen LogP contribution >= 0.6 is 0 Å². The van der Waals surface area contributed by atoms with Gasteiger partial charge in [-0.1, -0.05) is 0 Å². The molecule has 0 aliphatic carbocycles. The Kier molecular flexibility index (Phi) is 5.15. The second-order valence-corrected chi connectivity index (χ2v) is 7.07. The molecule has 24 heavy (non-hydrogen) atoms. The minimum Gasteiger partial charge on any atom is -0.467 e. The summed E-state index contributed by atoms with van der Waals surface area (Å²) < 4.78 is 10.1. The molecule has 0 bridgehead atoms. The standard InChI is InChI=1S/C16H25N3O5/c1-15(2,3)24-14(22)18-11-10-17-8-7-16(13(21)23-4)6-5-9-19(16)12(11)20/h8,11H,5-7,9-10H2,1-4H3,(H,18,22)/b17-8-/t11-,16-/m1/s1. The highest BCUT2D eigenvalue weighted by molar-refractivity contribution is 5.95. The molecule has 134 valence electrons. The molecular formula is C16H25N3O5. The lowest BCUT2D eigenvalue weighted by Crippen LogP contribution is -2.60. The number of carbonyl (C=O) groups excluding carboxylic acids is 3. The summed E-state index contributed by atoms with van der Waals surface area (Å²) in [6.45, 7) is 5.80. The number of esters is 1. The molecule has 0 radical (unpaired) electrons. The molecule has 2 amide bonds. The van der Waals surface area contributed by atoms with E-state index in [0.717, 1.165) is 0 Å². The predicted octanol–water partition coefficient (Wildman–Crippen LogP) is 0.888. The van der Waals surface area contributed by atoms with Crippen LogP contribution in [0.1, 0.15) is 40.0 Å². The lowest BCUT2D eigenvalue weighted by molar-refractivity contribution is -0.159. The Bertz CT molecular complexity index is 554. The molecule has 1 fully saturated rings. The molecule has 0 spiro atoms. The number of hydrogen-bond donors (Lipinski definition) is 1. The maximum absolute atomic E-state index is 12.9. The van der Waals surface area contributed by atoms with Crippen LogP contribution in [-0.2, 0) is 19.1 Å². The highest BCUT2D eigenvalue weighted by atomic mass is 16.6. The maximum atomic E-state index is 12.9. The molecule has 2 rings (SSSR count). The molecule has 0 aromatic rings. The summed E-state index contributed by atoms with van der Waals surface area (Å²) in [5.74, 6) is -0.779. The number of amides is 2. The van der Waals surface area contributed by atoms with Crippen LogP contribution in [-0.4, -0.2) is 66.5 Å². The van der Waals surface area contributed by atoms with Gasteiger partial charge < -0.3 is 19.7 Å². The number of ether oxygens (including phenoxy) is 2. The van der Waals surface area contributed by atoms with Crippen LogP contribution in [0.2, 0.25) is 0 Å². The third kappa shape index (κ3) is 3.68. The van der Waals surface area contributed by atoms with E-state index in [9.17, 15) is 14.4 Å². The number of hydrogen-bond acceptors (Lipinski definition) is 6. The summed E-state index contributed by atoms with van der Waals surface area (Å²) in [6.07, 6.45) is 2.50. The first kappa shape index (κ1) is 18.2. The Morgan fingerprint density at radius 2 is 2.12 bits per heavy atom. The van der Waals surface area contributed by atoms with E-state index >= 15 is 0 Å². The van der Waals surface area contributed by atoms with Gasteiger partial charge in [0.15, 0.2) is 0 Å². The van der Waals surface area contributed by atoms with Gasteiger partial charge in [-0.3, -0.25) is 9.79 Å². The predicted molar refractivity (Wildman–Crippen MR) is 86.8 cm³/mol. The molecule has 8 nitrogen and oxygen atoms in total. The number of alkyl carbamates (subject to hydrolysis) is 1. The summed E-state index contributed by atoms with van der Waals surface area (Å²) in [5, 5.41) is 2.56. The van der Waals surface area contributed by atoms with E-state index in [-0.39, 0.29) is 12.5 Å². The Morgan fingerprint density at radius 1 is 1.42 bits per heavy atom. The molecule has 1 saturated heterocycles. The number of aliphatic imine (C=N–C) groups is 1. The van der Waals surface area contributed by atoms with Crippen molar-refractivity contribution < 1.29 is 23.9 Å². The van der Waals surface area contributed by atoms with E-state index in [1.165, 1.54) is 12.0 Å². The Morgan fingerprint density at radius 3 is 2.75 bits per heavy atom. The van der Waals surface area contributed by atoms with Gasteiger partial charge in [-0.25, -0.2) is 9.59 Å². The van der Waals surface area contributed by atoms with Crippen molar-refractivity contribution in [2.75, 3.05) is 20.2 Å².